The van der Waals surface area contributed by atoms with E-state index >= 15 is 0 Å². The number of rotatable bonds is 7. The molecule has 0 bridgehead atoms. The fourth-order valence-corrected chi connectivity index (χ4v) is 2.58. The van der Waals surface area contributed by atoms with Crippen LogP contribution >= 0.6 is 11.8 Å². The maximum absolute atomic E-state index is 13.5. The van der Waals surface area contributed by atoms with E-state index in [1.54, 1.807) is 42.2 Å². The third kappa shape index (κ3) is 5.13. The smallest absolute Gasteiger partial charge is 0.230 e. The summed E-state index contributed by atoms with van der Waals surface area (Å²) in [6, 6.07) is 9.85. The largest absolute Gasteiger partial charge is 0.396 e. The SMILES string of the molecule is O=C(Cc1ccccc1F)Nc1cc(CSCCO)ccn1. The van der Waals surface area contributed by atoms with Crippen LogP contribution in [0.2, 0.25) is 0 Å². The second-order valence-electron chi connectivity index (χ2n) is 4.64. The molecule has 0 aliphatic rings. The minimum Gasteiger partial charge on any atom is -0.396 e. The normalized spacial score (nSPS) is 10.5. The van der Waals surface area contributed by atoms with Gasteiger partial charge in [-0.2, -0.15) is 11.8 Å². The Labute approximate surface area is 132 Å². The van der Waals surface area contributed by atoms with Crippen molar-refractivity contribution in [3.05, 3.63) is 59.5 Å². The lowest BCUT2D eigenvalue weighted by molar-refractivity contribution is -0.115. The summed E-state index contributed by atoms with van der Waals surface area (Å²) in [5.74, 6) is 1.15. The fourth-order valence-electron chi connectivity index (χ4n) is 1.89. The van der Waals surface area contributed by atoms with Crippen molar-refractivity contribution in [1.29, 1.82) is 0 Å². The average molecular weight is 320 g/mol. The zero-order valence-electron chi connectivity index (χ0n) is 12.0. The zero-order valence-corrected chi connectivity index (χ0v) is 12.8. The molecule has 0 atom stereocenters. The van der Waals surface area contributed by atoms with E-state index in [9.17, 15) is 9.18 Å². The van der Waals surface area contributed by atoms with E-state index in [1.165, 1.54) is 6.07 Å². The van der Waals surface area contributed by atoms with Crippen molar-refractivity contribution < 1.29 is 14.3 Å². The first-order chi connectivity index (χ1) is 10.7. The predicted octanol–water partition coefficient (Wildman–Crippen LogP) is 2.63. The van der Waals surface area contributed by atoms with Gasteiger partial charge in [0.25, 0.3) is 0 Å². The van der Waals surface area contributed by atoms with E-state index in [-0.39, 0.29) is 24.8 Å². The van der Waals surface area contributed by atoms with Crippen molar-refractivity contribution in [3.63, 3.8) is 0 Å². The summed E-state index contributed by atoms with van der Waals surface area (Å²) >= 11 is 1.60. The third-order valence-corrected chi connectivity index (χ3v) is 3.91. The highest BCUT2D eigenvalue weighted by Gasteiger charge is 2.08. The zero-order chi connectivity index (χ0) is 15.8. The van der Waals surface area contributed by atoms with Gasteiger partial charge in [-0.1, -0.05) is 18.2 Å². The Kier molecular flexibility index (Phi) is 6.36. The lowest BCUT2D eigenvalue weighted by atomic mass is 10.1. The molecular formula is C16H17FN2O2S. The van der Waals surface area contributed by atoms with E-state index in [4.69, 9.17) is 5.11 Å². The fraction of sp³-hybridized carbons (Fsp3) is 0.250. The molecule has 0 unspecified atom stereocenters. The van der Waals surface area contributed by atoms with Crippen LogP contribution in [0.3, 0.4) is 0 Å². The summed E-state index contributed by atoms with van der Waals surface area (Å²) in [7, 11) is 0. The molecule has 0 saturated heterocycles. The number of benzene rings is 1. The van der Waals surface area contributed by atoms with Gasteiger partial charge in [0.1, 0.15) is 11.6 Å². The quantitative estimate of drug-likeness (QED) is 0.770. The van der Waals surface area contributed by atoms with E-state index in [0.717, 1.165) is 11.3 Å². The van der Waals surface area contributed by atoms with Gasteiger partial charge in [0, 0.05) is 17.7 Å². The topological polar surface area (TPSA) is 62.2 Å². The Morgan fingerprint density at radius 3 is 2.91 bits per heavy atom. The molecule has 0 saturated carbocycles. The predicted molar refractivity (Wildman–Crippen MR) is 86.2 cm³/mol. The number of aliphatic hydroxyl groups excluding tert-OH is 1. The highest BCUT2D eigenvalue weighted by atomic mass is 32.2. The van der Waals surface area contributed by atoms with Crippen LogP contribution in [0.1, 0.15) is 11.1 Å². The van der Waals surface area contributed by atoms with Gasteiger partial charge in [-0.3, -0.25) is 4.79 Å². The standard InChI is InChI=1S/C16H17FN2O2S/c17-14-4-2-1-3-13(14)10-16(21)19-15-9-12(5-6-18-15)11-22-8-7-20/h1-6,9,20H,7-8,10-11H2,(H,18,19,21). The van der Waals surface area contributed by atoms with Gasteiger partial charge >= 0.3 is 0 Å². The molecular weight excluding hydrogens is 303 g/mol. The molecule has 1 amide bonds. The Bertz CT molecular complexity index is 637. The first-order valence-electron chi connectivity index (χ1n) is 6.86. The van der Waals surface area contributed by atoms with Crippen molar-refractivity contribution in [3.8, 4) is 0 Å². The van der Waals surface area contributed by atoms with Crippen LogP contribution < -0.4 is 5.32 Å². The van der Waals surface area contributed by atoms with E-state index in [1.807, 2.05) is 6.07 Å². The van der Waals surface area contributed by atoms with Crippen LogP contribution in [-0.4, -0.2) is 28.4 Å². The van der Waals surface area contributed by atoms with Gasteiger partial charge in [0.05, 0.1) is 13.0 Å². The van der Waals surface area contributed by atoms with Crippen molar-refractivity contribution in [2.24, 2.45) is 0 Å². The molecule has 0 aliphatic carbocycles. The Morgan fingerprint density at radius 2 is 2.14 bits per heavy atom. The number of carbonyl (C=O) groups excluding carboxylic acids is 1. The number of carbonyl (C=O) groups is 1. The summed E-state index contributed by atoms with van der Waals surface area (Å²) in [6.45, 7) is 0.141. The van der Waals surface area contributed by atoms with Crippen molar-refractivity contribution in [2.75, 3.05) is 17.7 Å². The molecule has 4 nitrogen and oxygen atoms in total. The summed E-state index contributed by atoms with van der Waals surface area (Å²) in [6.07, 6.45) is 1.59. The van der Waals surface area contributed by atoms with Gasteiger partial charge in [-0.05, 0) is 29.3 Å². The first-order valence-corrected chi connectivity index (χ1v) is 8.01. The molecule has 2 rings (SSSR count). The van der Waals surface area contributed by atoms with Gasteiger partial charge in [-0.15, -0.1) is 0 Å². The molecule has 1 aromatic heterocycles. The van der Waals surface area contributed by atoms with Crippen LogP contribution in [0.5, 0.6) is 0 Å². The minimum absolute atomic E-state index is 0.0299. The molecule has 0 radical (unpaired) electrons. The van der Waals surface area contributed by atoms with Crippen LogP contribution in [0.4, 0.5) is 10.2 Å². The molecule has 1 aromatic carbocycles. The van der Waals surface area contributed by atoms with E-state index in [0.29, 0.717) is 17.1 Å². The van der Waals surface area contributed by atoms with Crippen molar-refractivity contribution in [2.45, 2.75) is 12.2 Å². The number of hydrogen-bond donors (Lipinski definition) is 2. The number of hydrogen-bond acceptors (Lipinski definition) is 4. The number of amides is 1. The summed E-state index contributed by atoms with van der Waals surface area (Å²) < 4.78 is 13.5. The monoisotopic (exact) mass is 320 g/mol. The molecule has 0 fully saturated rings. The van der Waals surface area contributed by atoms with Crippen LogP contribution in [0, 0.1) is 5.82 Å². The van der Waals surface area contributed by atoms with Gasteiger partial charge in [0.2, 0.25) is 5.91 Å². The van der Waals surface area contributed by atoms with Crippen molar-refractivity contribution in [1.82, 2.24) is 4.98 Å². The average Bonchev–Trinajstić information content (AvgIpc) is 2.50. The number of aliphatic hydroxyl groups is 1. The molecule has 2 N–H and O–H groups in total. The number of nitrogens with one attached hydrogen (secondary N) is 1. The summed E-state index contributed by atoms with van der Waals surface area (Å²) in [5.41, 5.74) is 1.37. The van der Waals surface area contributed by atoms with Crippen LogP contribution in [-0.2, 0) is 17.0 Å². The maximum atomic E-state index is 13.5. The second-order valence-corrected chi connectivity index (χ2v) is 5.75. The number of nitrogens with zero attached hydrogens (tertiary/aromatic N) is 1. The lowest BCUT2D eigenvalue weighted by Crippen LogP contribution is -2.16. The number of aromatic nitrogens is 1. The highest BCUT2D eigenvalue weighted by molar-refractivity contribution is 7.98. The van der Waals surface area contributed by atoms with Gasteiger partial charge in [-0.25, -0.2) is 9.37 Å². The molecule has 0 aliphatic heterocycles. The molecule has 116 valence electrons. The molecule has 0 spiro atoms. The van der Waals surface area contributed by atoms with E-state index < -0.39 is 0 Å². The van der Waals surface area contributed by atoms with Crippen molar-refractivity contribution >= 4 is 23.5 Å². The molecule has 2 aromatic rings. The number of halogens is 1. The van der Waals surface area contributed by atoms with Gasteiger partial charge in [0.15, 0.2) is 0 Å². The third-order valence-electron chi connectivity index (χ3n) is 2.91. The molecule has 22 heavy (non-hydrogen) atoms. The Hall–Kier alpha value is -1.92. The number of thioether (sulfide) groups is 1. The number of anilines is 1. The maximum Gasteiger partial charge on any atom is 0.230 e. The Morgan fingerprint density at radius 1 is 1.32 bits per heavy atom. The van der Waals surface area contributed by atoms with Gasteiger partial charge < -0.3 is 10.4 Å². The lowest BCUT2D eigenvalue weighted by Gasteiger charge is -2.07. The summed E-state index contributed by atoms with van der Waals surface area (Å²) in [5, 5.41) is 11.4. The minimum atomic E-state index is -0.389. The highest BCUT2D eigenvalue weighted by Crippen LogP contribution is 2.15. The number of pyridine rings is 1. The Balaban J connectivity index is 1.94. The van der Waals surface area contributed by atoms with Crippen LogP contribution in [0.25, 0.3) is 0 Å². The molecule has 1 heterocycles. The summed E-state index contributed by atoms with van der Waals surface area (Å²) in [4.78, 5) is 16.0. The van der Waals surface area contributed by atoms with E-state index in [2.05, 4.69) is 10.3 Å². The van der Waals surface area contributed by atoms with Crippen LogP contribution in [0.15, 0.2) is 42.6 Å². The molecule has 6 heteroatoms. The first kappa shape index (κ1) is 16.5. The second kappa shape index (κ2) is 8.51.